The maximum atomic E-state index is 11.4. The smallest absolute Gasteiger partial charge is 0.224 e. The Morgan fingerprint density at radius 2 is 2.32 bits per heavy atom. The summed E-state index contributed by atoms with van der Waals surface area (Å²) in [7, 11) is 0. The molecule has 4 N–H and O–H groups in total. The van der Waals surface area contributed by atoms with Gasteiger partial charge in [-0.1, -0.05) is 6.07 Å². The molecular formula is C14H21N3O2. The van der Waals surface area contributed by atoms with Crippen molar-refractivity contribution in [1.82, 2.24) is 4.90 Å². The molecule has 0 bridgehead atoms. The summed E-state index contributed by atoms with van der Waals surface area (Å²) in [4.78, 5) is 13.6. The number of carbonyl (C=O) groups excluding carboxylic acids is 1. The lowest BCUT2D eigenvalue weighted by molar-refractivity contribution is -0.126. The van der Waals surface area contributed by atoms with Gasteiger partial charge in [0.15, 0.2) is 0 Å². The zero-order chi connectivity index (χ0) is 13.9. The molecular weight excluding hydrogens is 242 g/mol. The quantitative estimate of drug-likeness (QED) is 0.771. The van der Waals surface area contributed by atoms with Gasteiger partial charge in [-0.2, -0.15) is 0 Å². The maximum Gasteiger partial charge on any atom is 0.224 e. The van der Waals surface area contributed by atoms with E-state index in [1.807, 2.05) is 25.1 Å². The molecule has 5 heteroatoms. The van der Waals surface area contributed by atoms with Crippen molar-refractivity contribution in [3.8, 4) is 5.75 Å². The highest BCUT2D eigenvalue weighted by molar-refractivity contribution is 5.81. The van der Waals surface area contributed by atoms with Crippen molar-refractivity contribution in [3.05, 3.63) is 24.3 Å². The molecule has 5 nitrogen and oxygen atoms in total. The summed E-state index contributed by atoms with van der Waals surface area (Å²) < 4.78 is 5.64. The van der Waals surface area contributed by atoms with E-state index in [2.05, 4.69) is 4.90 Å². The second-order valence-electron chi connectivity index (χ2n) is 5.37. The lowest BCUT2D eigenvalue weighted by Gasteiger charge is -2.21. The summed E-state index contributed by atoms with van der Waals surface area (Å²) in [6, 6.07) is 7.38. The number of amides is 1. The van der Waals surface area contributed by atoms with Crippen molar-refractivity contribution in [2.75, 3.05) is 32.0 Å². The van der Waals surface area contributed by atoms with Crippen molar-refractivity contribution in [1.29, 1.82) is 0 Å². The number of rotatable bonds is 5. The third kappa shape index (κ3) is 3.38. The van der Waals surface area contributed by atoms with Crippen LogP contribution in [0.15, 0.2) is 24.3 Å². The van der Waals surface area contributed by atoms with Gasteiger partial charge >= 0.3 is 0 Å². The Morgan fingerprint density at radius 1 is 1.53 bits per heavy atom. The third-order valence-corrected chi connectivity index (χ3v) is 3.68. The fourth-order valence-corrected chi connectivity index (χ4v) is 2.35. The Hall–Kier alpha value is -1.75. The van der Waals surface area contributed by atoms with Crippen LogP contribution in [0.5, 0.6) is 5.75 Å². The van der Waals surface area contributed by atoms with Crippen LogP contribution in [0.25, 0.3) is 0 Å². The van der Waals surface area contributed by atoms with Crippen LogP contribution in [-0.2, 0) is 4.79 Å². The van der Waals surface area contributed by atoms with Gasteiger partial charge in [0, 0.05) is 24.8 Å². The Kier molecular flexibility index (Phi) is 3.95. The van der Waals surface area contributed by atoms with Gasteiger partial charge in [-0.15, -0.1) is 0 Å². The first-order valence-corrected chi connectivity index (χ1v) is 6.50. The highest BCUT2D eigenvalue weighted by Gasteiger charge is 2.38. The van der Waals surface area contributed by atoms with E-state index in [4.69, 9.17) is 16.2 Å². The minimum Gasteiger partial charge on any atom is -0.492 e. The highest BCUT2D eigenvalue weighted by Crippen LogP contribution is 2.29. The van der Waals surface area contributed by atoms with Crippen LogP contribution in [0.2, 0.25) is 0 Å². The second kappa shape index (κ2) is 5.48. The van der Waals surface area contributed by atoms with Gasteiger partial charge < -0.3 is 16.2 Å². The number of benzene rings is 1. The fraction of sp³-hybridized carbons (Fsp3) is 0.500. The van der Waals surface area contributed by atoms with E-state index >= 15 is 0 Å². The van der Waals surface area contributed by atoms with E-state index in [9.17, 15) is 4.79 Å². The van der Waals surface area contributed by atoms with E-state index in [1.54, 1.807) is 6.07 Å². The zero-order valence-corrected chi connectivity index (χ0v) is 11.3. The van der Waals surface area contributed by atoms with E-state index in [-0.39, 0.29) is 5.91 Å². The molecule has 2 rings (SSSR count). The van der Waals surface area contributed by atoms with Crippen LogP contribution in [0.3, 0.4) is 0 Å². The number of nitrogens with zero attached hydrogens (tertiary/aromatic N) is 1. The van der Waals surface area contributed by atoms with Gasteiger partial charge in [0.1, 0.15) is 12.4 Å². The molecule has 0 spiro atoms. The summed E-state index contributed by atoms with van der Waals surface area (Å²) >= 11 is 0. The molecule has 0 saturated carbocycles. The molecule has 1 aromatic rings. The molecule has 104 valence electrons. The summed E-state index contributed by atoms with van der Waals surface area (Å²) in [5.41, 5.74) is 11.4. The van der Waals surface area contributed by atoms with Crippen molar-refractivity contribution in [2.45, 2.75) is 13.3 Å². The molecule has 1 atom stereocenters. The Bertz CT molecular complexity index is 464. The SMILES string of the molecule is CC1(C(N)=O)CCN(CCOc2cccc(N)c2)C1. The average Bonchev–Trinajstić information content (AvgIpc) is 2.73. The zero-order valence-electron chi connectivity index (χ0n) is 11.3. The van der Waals surface area contributed by atoms with E-state index in [0.29, 0.717) is 18.8 Å². The summed E-state index contributed by atoms with van der Waals surface area (Å²) in [6.07, 6.45) is 0.820. The molecule has 0 aromatic heterocycles. The number of anilines is 1. The molecule has 0 aliphatic carbocycles. The lowest BCUT2D eigenvalue weighted by Crippen LogP contribution is -2.37. The number of likely N-dealkylation sites (tertiary alicyclic amines) is 1. The monoisotopic (exact) mass is 263 g/mol. The lowest BCUT2D eigenvalue weighted by atomic mass is 9.89. The van der Waals surface area contributed by atoms with Gasteiger partial charge in [0.05, 0.1) is 5.41 Å². The van der Waals surface area contributed by atoms with Crippen LogP contribution in [0.1, 0.15) is 13.3 Å². The molecule has 1 heterocycles. The maximum absolute atomic E-state index is 11.4. The highest BCUT2D eigenvalue weighted by atomic mass is 16.5. The first-order valence-electron chi connectivity index (χ1n) is 6.50. The number of ether oxygens (including phenoxy) is 1. The molecule has 1 aliphatic rings. The Morgan fingerprint density at radius 3 is 2.95 bits per heavy atom. The number of hydrogen-bond donors (Lipinski definition) is 2. The van der Waals surface area contributed by atoms with Crippen LogP contribution in [0.4, 0.5) is 5.69 Å². The van der Waals surface area contributed by atoms with Gasteiger partial charge in [0.25, 0.3) is 0 Å². The summed E-state index contributed by atoms with van der Waals surface area (Å²) in [5, 5.41) is 0. The number of primary amides is 1. The Labute approximate surface area is 113 Å². The van der Waals surface area contributed by atoms with Crippen molar-refractivity contribution < 1.29 is 9.53 Å². The predicted molar refractivity (Wildman–Crippen MR) is 74.7 cm³/mol. The number of carbonyl (C=O) groups is 1. The van der Waals surface area contributed by atoms with Crippen LogP contribution >= 0.6 is 0 Å². The van der Waals surface area contributed by atoms with E-state index < -0.39 is 5.41 Å². The van der Waals surface area contributed by atoms with E-state index in [0.717, 1.165) is 25.3 Å². The van der Waals surface area contributed by atoms with E-state index in [1.165, 1.54) is 0 Å². The number of hydrogen-bond acceptors (Lipinski definition) is 4. The molecule has 1 saturated heterocycles. The fourth-order valence-electron chi connectivity index (χ4n) is 2.35. The molecule has 1 aliphatic heterocycles. The molecule has 1 amide bonds. The van der Waals surface area contributed by atoms with Gasteiger partial charge in [0.2, 0.25) is 5.91 Å². The van der Waals surface area contributed by atoms with Crippen LogP contribution in [0, 0.1) is 5.41 Å². The molecule has 1 fully saturated rings. The van der Waals surface area contributed by atoms with Crippen LogP contribution < -0.4 is 16.2 Å². The molecule has 1 aromatic carbocycles. The molecule has 1 unspecified atom stereocenters. The summed E-state index contributed by atoms with van der Waals surface area (Å²) in [5.74, 6) is 0.559. The van der Waals surface area contributed by atoms with Crippen molar-refractivity contribution >= 4 is 11.6 Å². The third-order valence-electron chi connectivity index (χ3n) is 3.68. The predicted octanol–water partition coefficient (Wildman–Crippen LogP) is 0.845. The van der Waals surface area contributed by atoms with Crippen molar-refractivity contribution in [2.24, 2.45) is 11.1 Å². The first kappa shape index (κ1) is 13.7. The van der Waals surface area contributed by atoms with Gasteiger partial charge in [-0.25, -0.2) is 0 Å². The Balaban J connectivity index is 1.77. The first-order chi connectivity index (χ1) is 8.99. The molecule has 19 heavy (non-hydrogen) atoms. The number of nitrogens with two attached hydrogens (primary N) is 2. The van der Waals surface area contributed by atoms with Crippen molar-refractivity contribution in [3.63, 3.8) is 0 Å². The minimum atomic E-state index is -0.392. The second-order valence-corrected chi connectivity index (χ2v) is 5.37. The topological polar surface area (TPSA) is 81.6 Å². The average molecular weight is 263 g/mol. The van der Waals surface area contributed by atoms with Gasteiger partial charge in [-0.3, -0.25) is 9.69 Å². The standard InChI is InChI=1S/C14H21N3O2/c1-14(13(16)18)5-6-17(10-14)7-8-19-12-4-2-3-11(15)9-12/h2-4,9H,5-8,10,15H2,1H3,(H2,16,18). The normalized spacial score (nSPS) is 23.4. The van der Waals surface area contributed by atoms with Crippen LogP contribution in [-0.4, -0.2) is 37.0 Å². The minimum absolute atomic E-state index is 0.216. The number of nitrogen functional groups attached to an aromatic ring is 1. The summed E-state index contributed by atoms with van der Waals surface area (Å²) in [6.45, 7) is 4.90. The largest absolute Gasteiger partial charge is 0.492 e. The van der Waals surface area contributed by atoms with Gasteiger partial charge in [-0.05, 0) is 32.0 Å². The molecule has 0 radical (unpaired) electrons.